The fourth-order valence-electron chi connectivity index (χ4n) is 2.59. The van der Waals surface area contributed by atoms with Gasteiger partial charge in [0.05, 0.1) is 5.69 Å². The highest BCUT2D eigenvalue weighted by Crippen LogP contribution is 2.29. The molecule has 1 aliphatic rings. The molecule has 118 valence electrons. The van der Waals surface area contributed by atoms with Gasteiger partial charge in [-0.3, -0.25) is 0 Å². The predicted molar refractivity (Wildman–Crippen MR) is 84.8 cm³/mol. The summed E-state index contributed by atoms with van der Waals surface area (Å²) in [7, 11) is 0. The molecule has 1 aromatic carbocycles. The molecule has 1 aromatic rings. The van der Waals surface area contributed by atoms with Crippen molar-refractivity contribution in [1.82, 2.24) is 10.2 Å². The van der Waals surface area contributed by atoms with Gasteiger partial charge >= 0.3 is 0 Å². The van der Waals surface area contributed by atoms with E-state index >= 15 is 0 Å². The first-order valence-corrected chi connectivity index (χ1v) is 7.85. The number of hydrogen-bond acceptors (Lipinski definition) is 4. The van der Waals surface area contributed by atoms with Crippen molar-refractivity contribution < 1.29 is 9.13 Å². The third-order valence-corrected chi connectivity index (χ3v) is 3.94. The van der Waals surface area contributed by atoms with Gasteiger partial charge in [-0.1, -0.05) is 13.8 Å². The highest BCUT2D eigenvalue weighted by molar-refractivity contribution is 5.59. The Labute approximate surface area is 126 Å². The molecule has 1 saturated heterocycles. The number of rotatable bonds is 7. The van der Waals surface area contributed by atoms with E-state index in [4.69, 9.17) is 4.74 Å². The number of nitrogens with one attached hydrogen (secondary N) is 1. The zero-order valence-corrected chi connectivity index (χ0v) is 13.1. The molecule has 0 unspecified atom stereocenters. The molecule has 5 heteroatoms. The van der Waals surface area contributed by atoms with Crippen LogP contribution in [0.4, 0.5) is 10.1 Å². The van der Waals surface area contributed by atoms with Crippen LogP contribution in [0.25, 0.3) is 0 Å². The van der Waals surface area contributed by atoms with Crippen molar-refractivity contribution in [2.24, 2.45) is 0 Å². The van der Waals surface area contributed by atoms with Gasteiger partial charge in [-0.15, -0.1) is 0 Å². The lowest BCUT2D eigenvalue weighted by atomic mass is 10.2. The summed E-state index contributed by atoms with van der Waals surface area (Å²) in [6.07, 6.45) is 0. The van der Waals surface area contributed by atoms with Gasteiger partial charge in [0.25, 0.3) is 0 Å². The van der Waals surface area contributed by atoms with Crippen LogP contribution in [0, 0.1) is 5.82 Å². The number of halogens is 1. The molecule has 0 aliphatic carbocycles. The van der Waals surface area contributed by atoms with Crippen molar-refractivity contribution in [3.63, 3.8) is 0 Å². The van der Waals surface area contributed by atoms with Gasteiger partial charge in [0, 0.05) is 38.8 Å². The monoisotopic (exact) mass is 295 g/mol. The molecule has 0 spiro atoms. The van der Waals surface area contributed by atoms with Crippen LogP contribution in [0.1, 0.15) is 13.8 Å². The summed E-state index contributed by atoms with van der Waals surface area (Å²) < 4.78 is 19.5. The zero-order valence-electron chi connectivity index (χ0n) is 13.1. The van der Waals surface area contributed by atoms with E-state index in [1.54, 1.807) is 12.1 Å². The van der Waals surface area contributed by atoms with E-state index in [-0.39, 0.29) is 5.82 Å². The molecular formula is C16H26FN3O. The number of likely N-dealkylation sites (N-methyl/N-ethyl adjacent to an activating group) is 1. The van der Waals surface area contributed by atoms with E-state index in [1.807, 2.05) is 0 Å². The Morgan fingerprint density at radius 2 is 1.95 bits per heavy atom. The Hall–Kier alpha value is -1.33. The van der Waals surface area contributed by atoms with Crippen molar-refractivity contribution >= 4 is 5.69 Å². The van der Waals surface area contributed by atoms with Gasteiger partial charge in [-0.25, -0.2) is 4.39 Å². The second-order valence-corrected chi connectivity index (χ2v) is 5.22. The second-order valence-electron chi connectivity index (χ2n) is 5.22. The molecule has 1 N–H and O–H groups in total. The highest BCUT2D eigenvalue weighted by atomic mass is 19.1. The third kappa shape index (κ3) is 4.58. The molecule has 0 saturated carbocycles. The number of nitrogens with zero attached hydrogens (tertiary/aromatic N) is 2. The van der Waals surface area contributed by atoms with E-state index in [0.717, 1.165) is 57.3 Å². The standard InChI is InChI=1S/C16H26FN3O/c1-3-19(4-2)11-12-21-16-6-5-14(17)13-15(16)20-9-7-18-8-10-20/h5-6,13,18H,3-4,7-12H2,1-2H3. The zero-order chi connectivity index (χ0) is 15.1. The first kappa shape index (κ1) is 16.0. The third-order valence-electron chi connectivity index (χ3n) is 3.94. The Morgan fingerprint density at radius 1 is 1.24 bits per heavy atom. The summed E-state index contributed by atoms with van der Waals surface area (Å²) >= 11 is 0. The normalized spacial score (nSPS) is 15.5. The average Bonchev–Trinajstić information content (AvgIpc) is 2.53. The van der Waals surface area contributed by atoms with Gasteiger partial charge < -0.3 is 19.9 Å². The molecular weight excluding hydrogens is 269 g/mol. The van der Waals surface area contributed by atoms with E-state index in [2.05, 4.69) is 29.0 Å². The first-order chi connectivity index (χ1) is 10.2. The van der Waals surface area contributed by atoms with Crippen LogP contribution >= 0.6 is 0 Å². The fraction of sp³-hybridized carbons (Fsp3) is 0.625. The van der Waals surface area contributed by atoms with Crippen LogP contribution in [0.2, 0.25) is 0 Å². The SMILES string of the molecule is CCN(CC)CCOc1ccc(F)cc1N1CCNCC1. The first-order valence-electron chi connectivity index (χ1n) is 7.85. The number of hydrogen-bond donors (Lipinski definition) is 1. The summed E-state index contributed by atoms with van der Waals surface area (Å²) in [5, 5.41) is 3.31. The van der Waals surface area contributed by atoms with Crippen LogP contribution in [0.3, 0.4) is 0 Å². The van der Waals surface area contributed by atoms with Crippen LogP contribution in [-0.4, -0.2) is 57.3 Å². The lowest BCUT2D eigenvalue weighted by molar-refractivity contribution is 0.223. The fourth-order valence-corrected chi connectivity index (χ4v) is 2.59. The summed E-state index contributed by atoms with van der Waals surface area (Å²) in [6.45, 7) is 11.5. The van der Waals surface area contributed by atoms with Gasteiger partial charge in [-0.2, -0.15) is 0 Å². The van der Waals surface area contributed by atoms with Crippen molar-refractivity contribution in [1.29, 1.82) is 0 Å². The van der Waals surface area contributed by atoms with E-state index < -0.39 is 0 Å². The largest absolute Gasteiger partial charge is 0.490 e. The lowest BCUT2D eigenvalue weighted by Gasteiger charge is -2.31. The Morgan fingerprint density at radius 3 is 2.62 bits per heavy atom. The molecule has 1 heterocycles. The smallest absolute Gasteiger partial charge is 0.142 e. The van der Waals surface area contributed by atoms with Crippen LogP contribution in [0.5, 0.6) is 5.75 Å². The number of benzene rings is 1. The summed E-state index contributed by atoms with van der Waals surface area (Å²) in [4.78, 5) is 4.50. The molecule has 2 rings (SSSR count). The minimum absolute atomic E-state index is 0.209. The van der Waals surface area contributed by atoms with Crippen LogP contribution in [-0.2, 0) is 0 Å². The van der Waals surface area contributed by atoms with E-state index in [9.17, 15) is 4.39 Å². The molecule has 0 bridgehead atoms. The number of ether oxygens (including phenoxy) is 1. The molecule has 4 nitrogen and oxygen atoms in total. The maximum atomic E-state index is 13.6. The molecule has 0 aromatic heterocycles. The van der Waals surface area contributed by atoms with E-state index in [0.29, 0.717) is 6.61 Å². The highest BCUT2D eigenvalue weighted by Gasteiger charge is 2.16. The van der Waals surface area contributed by atoms with Gasteiger partial charge in [0.2, 0.25) is 0 Å². The van der Waals surface area contributed by atoms with Crippen molar-refractivity contribution in [3.8, 4) is 5.75 Å². The summed E-state index contributed by atoms with van der Waals surface area (Å²) in [6, 6.07) is 4.80. The Balaban J connectivity index is 2.00. The predicted octanol–water partition coefficient (Wildman–Crippen LogP) is 1.96. The van der Waals surface area contributed by atoms with Gasteiger partial charge in [-0.05, 0) is 25.2 Å². The molecule has 1 aliphatic heterocycles. The molecule has 1 fully saturated rings. The molecule has 21 heavy (non-hydrogen) atoms. The summed E-state index contributed by atoms with van der Waals surface area (Å²) in [5.41, 5.74) is 0.871. The van der Waals surface area contributed by atoms with Crippen molar-refractivity contribution in [3.05, 3.63) is 24.0 Å². The second kappa shape index (κ2) is 8.20. The maximum Gasteiger partial charge on any atom is 0.142 e. The van der Waals surface area contributed by atoms with Gasteiger partial charge in [0.15, 0.2) is 0 Å². The van der Waals surface area contributed by atoms with E-state index in [1.165, 1.54) is 6.07 Å². The van der Waals surface area contributed by atoms with Crippen LogP contribution in [0.15, 0.2) is 18.2 Å². The number of piperazine rings is 1. The average molecular weight is 295 g/mol. The maximum absolute atomic E-state index is 13.6. The molecule has 0 radical (unpaired) electrons. The van der Waals surface area contributed by atoms with Crippen molar-refractivity contribution in [2.45, 2.75) is 13.8 Å². The van der Waals surface area contributed by atoms with Crippen molar-refractivity contribution in [2.75, 3.05) is 57.3 Å². The molecule has 0 amide bonds. The Bertz CT molecular complexity index is 432. The minimum Gasteiger partial charge on any atom is -0.490 e. The lowest BCUT2D eigenvalue weighted by Crippen LogP contribution is -2.43. The topological polar surface area (TPSA) is 27.7 Å². The van der Waals surface area contributed by atoms with Gasteiger partial charge in [0.1, 0.15) is 18.2 Å². The quantitative estimate of drug-likeness (QED) is 0.832. The Kier molecular flexibility index (Phi) is 6.26. The molecule has 0 atom stereocenters. The minimum atomic E-state index is -0.209. The number of anilines is 1. The van der Waals surface area contributed by atoms with Crippen LogP contribution < -0.4 is 15.0 Å². The summed E-state index contributed by atoms with van der Waals surface area (Å²) in [5.74, 6) is 0.574.